The van der Waals surface area contributed by atoms with Gasteiger partial charge in [-0.15, -0.1) is 11.8 Å². The van der Waals surface area contributed by atoms with Gasteiger partial charge in [-0.3, -0.25) is 0 Å². The molecular formula is C9H11BrN2S. The number of rotatable bonds is 3. The van der Waals surface area contributed by atoms with Crippen LogP contribution in [0.15, 0.2) is 27.8 Å². The smallest absolute Gasteiger partial charge is 0.110 e. The zero-order valence-corrected chi connectivity index (χ0v) is 9.57. The summed E-state index contributed by atoms with van der Waals surface area (Å²) in [6, 6.07) is 3.98. The van der Waals surface area contributed by atoms with E-state index in [1.165, 1.54) is 5.75 Å². The summed E-state index contributed by atoms with van der Waals surface area (Å²) >= 11 is 5.32. The van der Waals surface area contributed by atoms with Crippen molar-refractivity contribution in [2.24, 2.45) is 5.92 Å². The number of nitrogens with one attached hydrogen (secondary N) is 1. The summed E-state index contributed by atoms with van der Waals surface area (Å²) in [5.41, 5.74) is 0. The molecule has 4 heteroatoms. The van der Waals surface area contributed by atoms with Crippen molar-refractivity contribution in [1.29, 1.82) is 0 Å². The third kappa shape index (κ3) is 2.45. The molecule has 0 aliphatic carbocycles. The fraction of sp³-hybridized carbons (Fsp3) is 0.444. The Bertz CT molecular complexity index is 289. The zero-order valence-electron chi connectivity index (χ0n) is 7.16. The van der Waals surface area contributed by atoms with Crippen molar-refractivity contribution in [3.63, 3.8) is 0 Å². The first-order valence-electron chi connectivity index (χ1n) is 4.30. The molecule has 1 saturated heterocycles. The molecule has 0 atom stereocenters. The lowest BCUT2D eigenvalue weighted by Crippen LogP contribution is -2.43. The van der Waals surface area contributed by atoms with Crippen LogP contribution in [0.3, 0.4) is 0 Å². The monoisotopic (exact) mass is 258 g/mol. The molecule has 1 aliphatic heterocycles. The van der Waals surface area contributed by atoms with E-state index >= 15 is 0 Å². The molecule has 1 aromatic rings. The largest absolute Gasteiger partial charge is 0.316 e. The Balaban J connectivity index is 1.89. The van der Waals surface area contributed by atoms with Gasteiger partial charge in [-0.05, 0) is 47.1 Å². The average Bonchev–Trinajstić information content (AvgIpc) is 2.05. The van der Waals surface area contributed by atoms with E-state index in [4.69, 9.17) is 0 Å². The Hall–Kier alpha value is -0.0600. The van der Waals surface area contributed by atoms with E-state index in [0.29, 0.717) is 0 Å². The number of pyridine rings is 1. The molecule has 1 aromatic heterocycles. The Morgan fingerprint density at radius 1 is 1.62 bits per heavy atom. The van der Waals surface area contributed by atoms with Gasteiger partial charge in [0.15, 0.2) is 0 Å². The van der Waals surface area contributed by atoms with Gasteiger partial charge in [-0.1, -0.05) is 0 Å². The molecule has 0 spiro atoms. The quantitative estimate of drug-likeness (QED) is 0.842. The molecule has 1 N–H and O–H groups in total. The van der Waals surface area contributed by atoms with Crippen LogP contribution >= 0.6 is 27.7 Å². The minimum atomic E-state index is 0.832. The Kier molecular flexibility index (Phi) is 3.24. The van der Waals surface area contributed by atoms with Crippen molar-refractivity contribution in [3.05, 3.63) is 22.8 Å². The standard InChI is InChI=1S/C9H11BrN2S/c10-8-2-1-3-12-9(8)13-6-7-4-11-5-7/h1-3,7,11H,4-6H2. The number of hydrogen-bond acceptors (Lipinski definition) is 3. The number of aromatic nitrogens is 1. The molecule has 1 fully saturated rings. The van der Waals surface area contributed by atoms with E-state index in [1.807, 2.05) is 30.1 Å². The fourth-order valence-corrected chi connectivity index (χ4v) is 2.71. The third-order valence-corrected chi connectivity index (χ3v) is 4.19. The molecule has 2 rings (SSSR count). The van der Waals surface area contributed by atoms with E-state index in [9.17, 15) is 0 Å². The predicted molar refractivity (Wildman–Crippen MR) is 59.0 cm³/mol. The second-order valence-electron chi connectivity index (χ2n) is 3.13. The van der Waals surface area contributed by atoms with E-state index in [-0.39, 0.29) is 0 Å². The van der Waals surface area contributed by atoms with Crippen molar-refractivity contribution >= 4 is 27.7 Å². The van der Waals surface area contributed by atoms with Gasteiger partial charge in [0.1, 0.15) is 5.03 Å². The lowest BCUT2D eigenvalue weighted by atomic mass is 10.1. The molecule has 0 bridgehead atoms. The molecule has 0 aromatic carbocycles. The second-order valence-corrected chi connectivity index (χ2v) is 4.99. The van der Waals surface area contributed by atoms with Crippen molar-refractivity contribution in [2.45, 2.75) is 5.03 Å². The van der Waals surface area contributed by atoms with Gasteiger partial charge in [0.2, 0.25) is 0 Å². The van der Waals surface area contributed by atoms with Crippen molar-refractivity contribution in [1.82, 2.24) is 10.3 Å². The van der Waals surface area contributed by atoms with Gasteiger partial charge in [0.25, 0.3) is 0 Å². The summed E-state index contributed by atoms with van der Waals surface area (Å²) < 4.78 is 1.10. The van der Waals surface area contributed by atoms with Gasteiger partial charge in [0, 0.05) is 16.4 Å². The normalized spacial score (nSPS) is 17.0. The van der Waals surface area contributed by atoms with E-state index in [0.717, 1.165) is 28.5 Å². The molecule has 2 nitrogen and oxygen atoms in total. The molecule has 1 aliphatic rings. The first kappa shape index (κ1) is 9.49. The third-order valence-electron chi connectivity index (χ3n) is 2.05. The highest BCUT2D eigenvalue weighted by atomic mass is 79.9. The van der Waals surface area contributed by atoms with E-state index < -0.39 is 0 Å². The molecular weight excluding hydrogens is 248 g/mol. The molecule has 0 radical (unpaired) electrons. The van der Waals surface area contributed by atoms with E-state index in [2.05, 4.69) is 26.2 Å². The van der Waals surface area contributed by atoms with Crippen molar-refractivity contribution < 1.29 is 0 Å². The summed E-state index contributed by atoms with van der Waals surface area (Å²) in [6.07, 6.45) is 1.84. The van der Waals surface area contributed by atoms with Crippen LogP contribution in [0.25, 0.3) is 0 Å². The van der Waals surface area contributed by atoms with Crippen LogP contribution in [-0.2, 0) is 0 Å². The maximum absolute atomic E-state index is 4.30. The molecule has 0 saturated carbocycles. The Morgan fingerprint density at radius 2 is 2.46 bits per heavy atom. The lowest BCUT2D eigenvalue weighted by Gasteiger charge is -2.26. The van der Waals surface area contributed by atoms with Crippen LogP contribution in [0.5, 0.6) is 0 Å². The highest BCUT2D eigenvalue weighted by Crippen LogP contribution is 2.26. The van der Waals surface area contributed by atoms with Crippen LogP contribution in [-0.4, -0.2) is 23.8 Å². The minimum Gasteiger partial charge on any atom is -0.316 e. The van der Waals surface area contributed by atoms with Crippen LogP contribution in [0, 0.1) is 5.92 Å². The summed E-state index contributed by atoms with van der Waals surface area (Å²) in [6.45, 7) is 2.33. The summed E-state index contributed by atoms with van der Waals surface area (Å²) in [5.74, 6) is 2.00. The SMILES string of the molecule is Brc1cccnc1SCC1CNC1. The first-order valence-corrected chi connectivity index (χ1v) is 6.08. The molecule has 2 heterocycles. The number of thioether (sulfide) groups is 1. The maximum Gasteiger partial charge on any atom is 0.110 e. The fourth-order valence-electron chi connectivity index (χ4n) is 1.14. The predicted octanol–water partition coefficient (Wildman–Crippen LogP) is 2.16. The Labute approximate surface area is 90.6 Å². The Morgan fingerprint density at radius 3 is 3.08 bits per heavy atom. The maximum atomic E-state index is 4.30. The van der Waals surface area contributed by atoms with Gasteiger partial charge in [0.05, 0.1) is 0 Å². The summed E-state index contributed by atoms with van der Waals surface area (Å²) in [5, 5.41) is 4.37. The van der Waals surface area contributed by atoms with Gasteiger partial charge in [-0.2, -0.15) is 0 Å². The number of halogens is 1. The summed E-state index contributed by atoms with van der Waals surface area (Å²) in [7, 11) is 0. The molecule has 0 amide bonds. The number of hydrogen-bond donors (Lipinski definition) is 1. The van der Waals surface area contributed by atoms with Crippen molar-refractivity contribution in [3.8, 4) is 0 Å². The lowest BCUT2D eigenvalue weighted by molar-refractivity contribution is 0.385. The van der Waals surface area contributed by atoms with Gasteiger partial charge >= 0.3 is 0 Å². The van der Waals surface area contributed by atoms with Crippen molar-refractivity contribution in [2.75, 3.05) is 18.8 Å². The minimum absolute atomic E-state index is 0.832. The van der Waals surface area contributed by atoms with Gasteiger partial charge < -0.3 is 5.32 Å². The van der Waals surface area contributed by atoms with Gasteiger partial charge in [-0.25, -0.2) is 4.98 Å². The van der Waals surface area contributed by atoms with Crippen LogP contribution in [0.2, 0.25) is 0 Å². The highest BCUT2D eigenvalue weighted by molar-refractivity contribution is 9.10. The van der Waals surface area contributed by atoms with E-state index in [1.54, 1.807) is 0 Å². The molecule has 13 heavy (non-hydrogen) atoms. The average molecular weight is 259 g/mol. The first-order chi connectivity index (χ1) is 6.36. The van der Waals surface area contributed by atoms with Crippen LogP contribution < -0.4 is 5.32 Å². The molecule has 70 valence electrons. The topological polar surface area (TPSA) is 24.9 Å². The number of nitrogens with zero attached hydrogens (tertiary/aromatic N) is 1. The van der Waals surface area contributed by atoms with Crippen LogP contribution in [0.1, 0.15) is 0 Å². The highest BCUT2D eigenvalue weighted by Gasteiger charge is 2.17. The molecule has 0 unspecified atom stereocenters. The second kappa shape index (κ2) is 4.44. The summed E-state index contributed by atoms with van der Waals surface area (Å²) in [4.78, 5) is 4.30. The van der Waals surface area contributed by atoms with Crippen LogP contribution in [0.4, 0.5) is 0 Å². The zero-order chi connectivity index (χ0) is 9.10.